The van der Waals surface area contributed by atoms with Crippen LogP contribution in [-0.4, -0.2) is 29.4 Å². The molecule has 0 saturated carbocycles. The molecule has 4 rings (SSSR count). The Morgan fingerprint density at radius 1 is 1.12 bits per heavy atom. The fourth-order valence-electron chi connectivity index (χ4n) is 5.38. The van der Waals surface area contributed by atoms with Gasteiger partial charge in [0.15, 0.2) is 0 Å². The highest BCUT2D eigenvalue weighted by molar-refractivity contribution is 5.71. The highest BCUT2D eigenvalue weighted by Crippen LogP contribution is 2.53. The molecule has 4 atom stereocenters. The van der Waals surface area contributed by atoms with Gasteiger partial charge in [0.05, 0.1) is 24.7 Å². The molecule has 2 aromatic rings. The zero-order chi connectivity index (χ0) is 23.6. The predicted molar refractivity (Wildman–Crippen MR) is 128 cm³/mol. The van der Waals surface area contributed by atoms with Crippen molar-refractivity contribution >= 4 is 5.97 Å². The summed E-state index contributed by atoms with van der Waals surface area (Å²) in [6.45, 7) is 8.91. The molecule has 178 valence electrons. The van der Waals surface area contributed by atoms with Gasteiger partial charge in [-0.05, 0) is 69.7 Å². The average Bonchev–Trinajstić information content (AvgIpc) is 2.79. The second kappa shape index (κ2) is 9.76. The molecule has 1 fully saturated rings. The third kappa shape index (κ3) is 4.89. The van der Waals surface area contributed by atoms with E-state index in [9.17, 15) is 9.90 Å². The number of hydrogen-bond acceptors (Lipinski definition) is 4. The first-order chi connectivity index (χ1) is 15.8. The summed E-state index contributed by atoms with van der Waals surface area (Å²) in [5, 5.41) is 10.0. The Kier molecular flexibility index (Phi) is 6.99. The van der Waals surface area contributed by atoms with E-state index in [0.29, 0.717) is 19.4 Å². The van der Waals surface area contributed by atoms with Crippen LogP contribution < -0.4 is 9.47 Å². The summed E-state index contributed by atoms with van der Waals surface area (Å²) in [5.74, 6) is 0.448. The Balaban J connectivity index is 1.58. The zero-order valence-electron chi connectivity index (χ0n) is 20.2. The minimum Gasteiger partial charge on any atom is -0.494 e. The number of carboxylic acids is 1. The number of hydrogen-bond donors (Lipinski definition) is 1. The van der Waals surface area contributed by atoms with Gasteiger partial charge < -0.3 is 19.3 Å². The molecule has 0 bridgehead atoms. The predicted octanol–water partition coefficient (Wildman–Crippen LogP) is 5.99. The molecule has 2 aromatic carbocycles. The monoisotopic (exact) mass is 452 g/mol. The highest BCUT2D eigenvalue weighted by atomic mass is 16.5. The molecule has 1 N–H and O–H groups in total. The van der Waals surface area contributed by atoms with Gasteiger partial charge in [0.2, 0.25) is 0 Å². The van der Waals surface area contributed by atoms with Gasteiger partial charge in [0, 0.05) is 11.5 Å². The number of aryl methyl sites for hydroxylation is 2. The highest BCUT2D eigenvalue weighted by Gasteiger charge is 2.52. The molecule has 2 heterocycles. The number of carbonyl (C=O) groups is 1. The second-order valence-electron chi connectivity index (χ2n) is 9.79. The lowest BCUT2D eigenvalue weighted by Crippen LogP contribution is -2.52. The summed E-state index contributed by atoms with van der Waals surface area (Å²) < 4.78 is 18.7. The van der Waals surface area contributed by atoms with Crippen molar-refractivity contribution in [2.24, 2.45) is 11.8 Å². The lowest BCUT2D eigenvalue weighted by atomic mass is 9.71. The molecule has 0 amide bonds. The number of benzene rings is 2. The second-order valence-corrected chi connectivity index (χ2v) is 9.79. The minimum absolute atomic E-state index is 0.00953. The molecule has 2 aliphatic rings. The van der Waals surface area contributed by atoms with Gasteiger partial charge in [-0.2, -0.15) is 0 Å². The fourth-order valence-corrected chi connectivity index (χ4v) is 5.38. The van der Waals surface area contributed by atoms with E-state index < -0.39 is 17.5 Å². The number of para-hydroxylation sites is 1. The topological polar surface area (TPSA) is 65.0 Å². The Hall–Kier alpha value is -2.53. The molecule has 5 nitrogen and oxygen atoms in total. The number of aliphatic carboxylic acids is 1. The number of rotatable bonds is 8. The number of fused-ring (bicyclic) bond motifs is 3. The first-order valence-corrected chi connectivity index (χ1v) is 12.2. The van der Waals surface area contributed by atoms with E-state index in [1.165, 1.54) is 5.56 Å². The van der Waals surface area contributed by atoms with Crippen LogP contribution in [0.5, 0.6) is 11.5 Å². The summed E-state index contributed by atoms with van der Waals surface area (Å²) in [7, 11) is 0. The Morgan fingerprint density at radius 3 is 2.55 bits per heavy atom. The van der Waals surface area contributed by atoms with Crippen LogP contribution in [0.2, 0.25) is 0 Å². The summed E-state index contributed by atoms with van der Waals surface area (Å²) in [6, 6.07) is 14.3. The lowest BCUT2D eigenvalue weighted by molar-refractivity contribution is -0.188. The smallest absolute Gasteiger partial charge is 0.309 e. The van der Waals surface area contributed by atoms with Crippen molar-refractivity contribution in [3.8, 4) is 11.5 Å². The van der Waals surface area contributed by atoms with Crippen LogP contribution in [0.4, 0.5) is 0 Å². The van der Waals surface area contributed by atoms with E-state index in [2.05, 4.69) is 51.1 Å². The van der Waals surface area contributed by atoms with Crippen LogP contribution in [0.25, 0.3) is 0 Å². The van der Waals surface area contributed by atoms with Crippen LogP contribution in [0.3, 0.4) is 0 Å². The number of carboxylic acid groups (broad SMARTS) is 1. The van der Waals surface area contributed by atoms with E-state index in [4.69, 9.17) is 14.2 Å². The summed E-state index contributed by atoms with van der Waals surface area (Å²) in [4.78, 5) is 12.2. The van der Waals surface area contributed by atoms with Crippen molar-refractivity contribution in [3.05, 3.63) is 59.2 Å². The molecule has 0 unspecified atom stereocenters. The maximum Gasteiger partial charge on any atom is 0.309 e. The van der Waals surface area contributed by atoms with Gasteiger partial charge in [-0.1, -0.05) is 43.7 Å². The summed E-state index contributed by atoms with van der Waals surface area (Å²) in [5.41, 5.74) is 2.94. The minimum atomic E-state index is -0.786. The summed E-state index contributed by atoms with van der Waals surface area (Å²) >= 11 is 0. The van der Waals surface area contributed by atoms with Gasteiger partial charge in [-0.25, -0.2) is 0 Å². The molecule has 0 aromatic heterocycles. The van der Waals surface area contributed by atoms with Crippen molar-refractivity contribution in [2.75, 3.05) is 6.61 Å². The van der Waals surface area contributed by atoms with Crippen LogP contribution in [0.15, 0.2) is 42.5 Å². The van der Waals surface area contributed by atoms with Gasteiger partial charge in [-0.3, -0.25) is 4.79 Å². The molecule has 1 saturated heterocycles. The third-order valence-electron chi connectivity index (χ3n) is 7.12. The molecule has 0 spiro atoms. The van der Waals surface area contributed by atoms with Crippen molar-refractivity contribution < 1.29 is 24.1 Å². The Morgan fingerprint density at radius 2 is 1.88 bits per heavy atom. The molecule has 0 aliphatic carbocycles. The average molecular weight is 453 g/mol. The van der Waals surface area contributed by atoms with Crippen LogP contribution in [0.1, 0.15) is 69.8 Å². The van der Waals surface area contributed by atoms with Gasteiger partial charge in [-0.15, -0.1) is 0 Å². The first kappa shape index (κ1) is 23.6. The maximum atomic E-state index is 12.2. The third-order valence-corrected chi connectivity index (χ3v) is 7.12. The Bertz CT molecular complexity index is 965. The first-order valence-electron chi connectivity index (χ1n) is 12.2. The maximum absolute atomic E-state index is 12.2. The molecule has 2 aliphatic heterocycles. The van der Waals surface area contributed by atoms with Crippen LogP contribution >= 0.6 is 0 Å². The van der Waals surface area contributed by atoms with E-state index >= 15 is 0 Å². The van der Waals surface area contributed by atoms with E-state index in [-0.39, 0.29) is 18.1 Å². The summed E-state index contributed by atoms with van der Waals surface area (Å²) in [6.07, 6.45) is 3.49. The van der Waals surface area contributed by atoms with Crippen LogP contribution in [0, 0.1) is 11.8 Å². The molecule has 0 radical (unpaired) electrons. The van der Waals surface area contributed by atoms with Crippen molar-refractivity contribution in [1.29, 1.82) is 0 Å². The Labute approximate surface area is 197 Å². The van der Waals surface area contributed by atoms with Gasteiger partial charge in [0.1, 0.15) is 17.1 Å². The fraction of sp³-hybridized carbons (Fsp3) is 0.536. The largest absolute Gasteiger partial charge is 0.494 e. The normalized spacial score (nSPS) is 25.5. The van der Waals surface area contributed by atoms with E-state index in [0.717, 1.165) is 41.9 Å². The molecular formula is C28H36O5. The van der Waals surface area contributed by atoms with Crippen molar-refractivity contribution in [1.82, 2.24) is 0 Å². The van der Waals surface area contributed by atoms with Crippen LogP contribution in [-0.2, 0) is 22.4 Å². The molecule has 33 heavy (non-hydrogen) atoms. The molecule has 5 heteroatoms. The standard InChI is InChI=1S/C28H36O5/c1-5-8-19-9-7-10-21-25(19)33-28(3,4)23-17-22(27(29)30)24(32-26(21)23)16-13-18-11-14-20(15-12-18)31-6-2/h7,9-12,14-15,22-24,26H,5-6,8,13,16-17H2,1-4H3,(H,29,30)/t22-,23-,24-,26+/m0/s1. The van der Waals surface area contributed by atoms with Crippen molar-refractivity contribution in [2.45, 2.75) is 77.6 Å². The van der Waals surface area contributed by atoms with Crippen molar-refractivity contribution in [3.63, 3.8) is 0 Å². The van der Waals surface area contributed by atoms with E-state index in [1.54, 1.807) is 0 Å². The van der Waals surface area contributed by atoms with Gasteiger partial charge >= 0.3 is 5.97 Å². The zero-order valence-corrected chi connectivity index (χ0v) is 20.2. The number of ether oxygens (including phenoxy) is 3. The van der Waals surface area contributed by atoms with E-state index in [1.807, 2.05) is 19.1 Å². The van der Waals surface area contributed by atoms with Gasteiger partial charge in [0.25, 0.3) is 0 Å². The lowest BCUT2D eigenvalue weighted by Gasteiger charge is -2.50. The SMILES string of the molecule is CCCc1cccc2c1OC(C)(C)[C@H]1C[C@H](C(=O)O)[C@H](CCc3ccc(OCC)cc3)O[C@H]21. The molecular weight excluding hydrogens is 416 g/mol. The quantitative estimate of drug-likeness (QED) is 0.533.